The quantitative estimate of drug-likeness (QED) is 0.696. The second kappa shape index (κ2) is 3.23. The molecule has 1 nitrogen and oxygen atoms in total. The second-order valence-electron chi connectivity index (χ2n) is 7.35. The van der Waals surface area contributed by atoms with Gasteiger partial charge in [0.2, 0.25) is 0 Å². The van der Waals surface area contributed by atoms with Crippen LogP contribution in [0.1, 0.15) is 52.9 Å². The van der Waals surface area contributed by atoms with E-state index in [4.69, 9.17) is 0 Å². The van der Waals surface area contributed by atoms with E-state index in [1.165, 1.54) is 25.7 Å². The van der Waals surface area contributed by atoms with Gasteiger partial charge in [-0.2, -0.15) is 0 Å². The standard InChI is InChI=1S/C14H25N/c1-14(2,3)15-13-11-5-9-4-10(7-11)8-12(13)6-9/h9-13,15H,4-8H2,1-3H3. The van der Waals surface area contributed by atoms with Crippen LogP contribution in [0.5, 0.6) is 0 Å². The third kappa shape index (κ3) is 1.84. The summed E-state index contributed by atoms with van der Waals surface area (Å²) in [7, 11) is 0. The maximum atomic E-state index is 3.90. The molecule has 0 amide bonds. The van der Waals surface area contributed by atoms with Gasteiger partial charge in [0.15, 0.2) is 0 Å². The van der Waals surface area contributed by atoms with E-state index < -0.39 is 0 Å². The van der Waals surface area contributed by atoms with Gasteiger partial charge < -0.3 is 5.32 Å². The van der Waals surface area contributed by atoms with Crippen LogP contribution >= 0.6 is 0 Å². The minimum Gasteiger partial charge on any atom is -0.309 e. The van der Waals surface area contributed by atoms with Gasteiger partial charge in [0.1, 0.15) is 0 Å². The van der Waals surface area contributed by atoms with Crippen molar-refractivity contribution in [3.05, 3.63) is 0 Å². The van der Waals surface area contributed by atoms with Gasteiger partial charge in [-0.3, -0.25) is 0 Å². The van der Waals surface area contributed by atoms with Crippen molar-refractivity contribution in [1.82, 2.24) is 5.32 Å². The van der Waals surface area contributed by atoms with Crippen LogP contribution in [0.4, 0.5) is 0 Å². The molecule has 0 unspecified atom stereocenters. The Bertz CT molecular complexity index is 223. The lowest BCUT2D eigenvalue weighted by Crippen LogP contribution is -2.58. The van der Waals surface area contributed by atoms with Crippen molar-refractivity contribution in [1.29, 1.82) is 0 Å². The summed E-state index contributed by atoms with van der Waals surface area (Å²) < 4.78 is 0. The molecular weight excluding hydrogens is 182 g/mol. The summed E-state index contributed by atoms with van der Waals surface area (Å²) in [4.78, 5) is 0. The highest BCUT2D eigenvalue weighted by atomic mass is 15.0. The first-order valence-corrected chi connectivity index (χ1v) is 6.79. The van der Waals surface area contributed by atoms with Crippen LogP contribution in [0, 0.1) is 23.7 Å². The number of hydrogen-bond acceptors (Lipinski definition) is 1. The molecule has 0 radical (unpaired) electrons. The SMILES string of the molecule is CC(C)(C)NC1C2CC3CC(C2)CC1C3. The van der Waals surface area contributed by atoms with E-state index in [0.717, 1.165) is 29.7 Å². The van der Waals surface area contributed by atoms with Gasteiger partial charge in [-0.1, -0.05) is 0 Å². The van der Waals surface area contributed by atoms with Crippen LogP contribution in [0.3, 0.4) is 0 Å². The molecule has 0 spiro atoms. The highest BCUT2D eigenvalue weighted by molar-refractivity contribution is 5.02. The maximum absolute atomic E-state index is 3.90. The van der Waals surface area contributed by atoms with Crippen LogP contribution < -0.4 is 5.32 Å². The van der Waals surface area contributed by atoms with Gasteiger partial charge >= 0.3 is 0 Å². The molecule has 0 saturated heterocycles. The van der Waals surface area contributed by atoms with Crippen molar-refractivity contribution in [2.45, 2.75) is 64.5 Å². The van der Waals surface area contributed by atoms with Crippen molar-refractivity contribution in [3.63, 3.8) is 0 Å². The van der Waals surface area contributed by atoms with E-state index in [1.54, 1.807) is 6.42 Å². The first-order chi connectivity index (χ1) is 7.01. The molecule has 4 rings (SSSR count). The van der Waals surface area contributed by atoms with Gasteiger partial charge in [0.25, 0.3) is 0 Å². The summed E-state index contributed by atoms with van der Waals surface area (Å²) >= 11 is 0. The Kier molecular flexibility index (Phi) is 2.18. The highest BCUT2D eigenvalue weighted by Crippen LogP contribution is 2.53. The Hall–Kier alpha value is -0.0400. The summed E-state index contributed by atoms with van der Waals surface area (Å²) in [6.45, 7) is 6.95. The second-order valence-corrected chi connectivity index (χ2v) is 7.35. The molecule has 1 heteroatoms. The summed E-state index contributed by atoms with van der Waals surface area (Å²) in [5, 5.41) is 3.90. The third-order valence-corrected chi connectivity index (χ3v) is 4.83. The Morgan fingerprint density at radius 3 is 1.67 bits per heavy atom. The first kappa shape index (κ1) is 10.1. The van der Waals surface area contributed by atoms with E-state index in [-0.39, 0.29) is 0 Å². The topological polar surface area (TPSA) is 12.0 Å². The molecule has 0 heterocycles. The smallest absolute Gasteiger partial charge is 0.0129 e. The molecule has 4 saturated carbocycles. The molecule has 4 aliphatic rings. The van der Waals surface area contributed by atoms with Crippen molar-refractivity contribution in [3.8, 4) is 0 Å². The van der Waals surface area contributed by atoms with Gasteiger partial charge in [-0.25, -0.2) is 0 Å². The number of nitrogens with one attached hydrogen (secondary N) is 1. The molecule has 4 bridgehead atoms. The number of hydrogen-bond donors (Lipinski definition) is 1. The molecule has 0 atom stereocenters. The molecular formula is C14H25N. The average molecular weight is 207 g/mol. The lowest BCUT2D eigenvalue weighted by Gasteiger charge is -2.56. The Morgan fingerprint density at radius 1 is 0.800 bits per heavy atom. The zero-order chi connectivity index (χ0) is 10.6. The Morgan fingerprint density at radius 2 is 1.27 bits per heavy atom. The zero-order valence-corrected chi connectivity index (χ0v) is 10.4. The summed E-state index contributed by atoms with van der Waals surface area (Å²) in [5.41, 5.74) is 0.306. The van der Waals surface area contributed by atoms with Gasteiger partial charge in [-0.15, -0.1) is 0 Å². The molecule has 4 fully saturated rings. The van der Waals surface area contributed by atoms with E-state index in [1.807, 2.05) is 0 Å². The van der Waals surface area contributed by atoms with Gasteiger partial charge in [-0.05, 0) is 76.5 Å². The summed E-state index contributed by atoms with van der Waals surface area (Å²) in [6, 6.07) is 0.845. The normalized spacial score (nSPS) is 48.6. The minimum absolute atomic E-state index is 0.306. The zero-order valence-electron chi connectivity index (χ0n) is 10.4. The fraction of sp³-hybridized carbons (Fsp3) is 1.00. The Labute approximate surface area is 94.0 Å². The van der Waals surface area contributed by atoms with Crippen LogP contribution in [-0.2, 0) is 0 Å². The molecule has 86 valence electrons. The fourth-order valence-electron chi connectivity index (χ4n) is 4.66. The molecule has 0 aromatic rings. The highest BCUT2D eigenvalue weighted by Gasteiger charge is 2.48. The van der Waals surface area contributed by atoms with Crippen molar-refractivity contribution >= 4 is 0 Å². The minimum atomic E-state index is 0.306. The molecule has 0 aliphatic heterocycles. The van der Waals surface area contributed by atoms with Crippen LogP contribution in [0.2, 0.25) is 0 Å². The fourth-order valence-corrected chi connectivity index (χ4v) is 4.66. The van der Waals surface area contributed by atoms with Crippen molar-refractivity contribution in [2.24, 2.45) is 23.7 Å². The number of rotatable bonds is 1. The van der Waals surface area contributed by atoms with E-state index in [2.05, 4.69) is 26.1 Å². The molecule has 0 aromatic carbocycles. The van der Waals surface area contributed by atoms with E-state index >= 15 is 0 Å². The van der Waals surface area contributed by atoms with Crippen LogP contribution in [0.15, 0.2) is 0 Å². The largest absolute Gasteiger partial charge is 0.309 e. The molecule has 15 heavy (non-hydrogen) atoms. The Balaban J connectivity index is 1.75. The maximum Gasteiger partial charge on any atom is 0.0129 e. The predicted octanol–water partition coefficient (Wildman–Crippen LogP) is 3.20. The summed E-state index contributed by atoms with van der Waals surface area (Å²) in [6.07, 6.45) is 7.68. The lowest BCUT2D eigenvalue weighted by molar-refractivity contribution is -0.0218. The van der Waals surface area contributed by atoms with E-state index in [9.17, 15) is 0 Å². The lowest BCUT2D eigenvalue weighted by atomic mass is 9.54. The summed E-state index contributed by atoms with van der Waals surface area (Å²) in [5.74, 6) is 4.23. The van der Waals surface area contributed by atoms with Gasteiger partial charge in [0.05, 0.1) is 0 Å². The monoisotopic (exact) mass is 207 g/mol. The first-order valence-electron chi connectivity index (χ1n) is 6.79. The average Bonchev–Trinajstić information content (AvgIpc) is 2.08. The molecule has 0 aromatic heterocycles. The van der Waals surface area contributed by atoms with Gasteiger partial charge in [0, 0.05) is 11.6 Å². The van der Waals surface area contributed by atoms with Crippen molar-refractivity contribution in [2.75, 3.05) is 0 Å². The van der Waals surface area contributed by atoms with Crippen LogP contribution in [0.25, 0.3) is 0 Å². The third-order valence-electron chi connectivity index (χ3n) is 4.83. The van der Waals surface area contributed by atoms with E-state index in [0.29, 0.717) is 5.54 Å². The molecule has 4 aliphatic carbocycles. The van der Waals surface area contributed by atoms with Crippen molar-refractivity contribution < 1.29 is 0 Å². The predicted molar refractivity (Wildman–Crippen MR) is 63.7 cm³/mol. The molecule has 1 N–H and O–H groups in total. The van der Waals surface area contributed by atoms with Crippen LogP contribution in [-0.4, -0.2) is 11.6 Å².